The molecule has 0 bridgehead atoms. The SMILES string of the molecule is CC[C@H](/C(C)=C1\C(=O)N(C(=O)OC)c2ccccc21)[C@H](C[N+](=O)[O-])c1cccc(OC)c1. The van der Waals surface area contributed by atoms with E-state index in [1.165, 1.54) is 7.11 Å². The Morgan fingerprint density at radius 3 is 2.50 bits per heavy atom. The highest BCUT2D eigenvalue weighted by Crippen LogP contribution is 2.43. The number of nitro groups is 1. The molecule has 0 fully saturated rings. The third kappa shape index (κ3) is 4.21. The smallest absolute Gasteiger partial charge is 0.421 e. The molecule has 168 valence electrons. The number of nitrogens with zero attached hydrogens (tertiary/aromatic N) is 2. The molecule has 0 N–H and O–H groups in total. The van der Waals surface area contributed by atoms with Gasteiger partial charge in [-0.1, -0.05) is 42.8 Å². The van der Waals surface area contributed by atoms with Crippen molar-refractivity contribution in [3.05, 3.63) is 75.3 Å². The van der Waals surface area contributed by atoms with E-state index in [4.69, 9.17) is 9.47 Å². The zero-order chi connectivity index (χ0) is 23.4. The number of benzene rings is 2. The second kappa shape index (κ2) is 9.64. The Balaban J connectivity index is 2.16. The van der Waals surface area contributed by atoms with Crippen molar-refractivity contribution in [1.29, 1.82) is 0 Å². The summed E-state index contributed by atoms with van der Waals surface area (Å²) in [6.45, 7) is 3.45. The van der Waals surface area contributed by atoms with E-state index < -0.39 is 17.9 Å². The molecule has 1 heterocycles. The molecule has 2 aromatic rings. The van der Waals surface area contributed by atoms with Gasteiger partial charge in [0.1, 0.15) is 5.75 Å². The van der Waals surface area contributed by atoms with E-state index in [2.05, 4.69) is 0 Å². The van der Waals surface area contributed by atoms with Gasteiger partial charge in [-0.05, 0) is 43.0 Å². The monoisotopic (exact) mass is 438 g/mol. The summed E-state index contributed by atoms with van der Waals surface area (Å²) < 4.78 is 10.1. The van der Waals surface area contributed by atoms with Crippen molar-refractivity contribution in [2.45, 2.75) is 26.2 Å². The lowest BCUT2D eigenvalue weighted by Gasteiger charge is -2.26. The first-order valence-corrected chi connectivity index (χ1v) is 10.3. The van der Waals surface area contributed by atoms with Crippen LogP contribution < -0.4 is 9.64 Å². The van der Waals surface area contributed by atoms with Crippen LogP contribution in [0.25, 0.3) is 5.57 Å². The van der Waals surface area contributed by atoms with Gasteiger partial charge in [-0.2, -0.15) is 0 Å². The van der Waals surface area contributed by atoms with Crippen molar-refractivity contribution in [2.75, 3.05) is 25.7 Å². The molecule has 8 nitrogen and oxygen atoms in total. The topological polar surface area (TPSA) is 99.0 Å². The van der Waals surface area contributed by atoms with Crippen LogP contribution in [0.4, 0.5) is 10.5 Å². The molecule has 1 aliphatic heterocycles. The van der Waals surface area contributed by atoms with Crippen molar-refractivity contribution in [1.82, 2.24) is 0 Å². The second-order valence-electron chi connectivity index (χ2n) is 7.60. The van der Waals surface area contributed by atoms with Crippen molar-refractivity contribution < 1.29 is 24.0 Å². The lowest BCUT2D eigenvalue weighted by molar-refractivity contribution is -0.484. The Labute approximate surface area is 186 Å². The molecule has 0 saturated carbocycles. The molecule has 8 heteroatoms. The minimum Gasteiger partial charge on any atom is -0.497 e. The number of fused-ring (bicyclic) bond motifs is 1. The van der Waals surface area contributed by atoms with Crippen LogP contribution in [0, 0.1) is 16.0 Å². The minimum atomic E-state index is -0.770. The predicted molar refractivity (Wildman–Crippen MR) is 120 cm³/mol. The molecule has 2 aromatic carbocycles. The number of methoxy groups -OCH3 is 2. The lowest BCUT2D eigenvalue weighted by atomic mass is 9.77. The molecule has 32 heavy (non-hydrogen) atoms. The molecule has 0 aromatic heterocycles. The third-order valence-corrected chi connectivity index (χ3v) is 5.93. The van der Waals surface area contributed by atoms with Gasteiger partial charge in [-0.3, -0.25) is 14.9 Å². The average molecular weight is 438 g/mol. The molecule has 0 saturated heterocycles. The molecular formula is C24H26N2O6. The maximum atomic E-state index is 13.3. The number of anilines is 1. The highest BCUT2D eigenvalue weighted by atomic mass is 16.6. The highest BCUT2D eigenvalue weighted by Gasteiger charge is 2.40. The maximum absolute atomic E-state index is 13.3. The first-order chi connectivity index (χ1) is 15.3. The molecular weight excluding hydrogens is 412 g/mol. The zero-order valence-electron chi connectivity index (χ0n) is 18.5. The van der Waals surface area contributed by atoms with E-state index in [0.717, 1.165) is 10.5 Å². The van der Waals surface area contributed by atoms with Crippen molar-refractivity contribution in [2.24, 2.45) is 5.92 Å². The van der Waals surface area contributed by atoms with Gasteiger partial charge in [0.05, 0.1) is 25.8 Å². The predicted octanol–water partition coefficient (Wildman–Crippen LogP) is 4.67. The van der Waals surface area contributed by atoms with E-state index in [1.807, 2.05) is 19.9 Å². The van der Waals surface area contributed by atoms with Gasteiger partial charge in [0.15, 0.2) is 0 Å². The van der Waals surface area contributed by atoms with Gasteiger partial charge in [-0.15, -0.1) is 0 Å². The quantitative estimate of drug-likeness (QED) is 0.354. The summed E-state index contributed by atoms with van der Waals surface area (Å²) >= 11 is 0. The second-order valence-corrected chi connectivity index (χ2v) is 7.60. The first kappa shape index (κ1) is 23.0. The van der Waals surface area contributed by atoms with Crippen LogP contribution in [0.15, 0.2) is 54.1 Å². The summed E-state index contributed by atoms with van der Waals surface area (Å²) in [4.78, 5) is 37.9. The number of amides is 2. The van der Waals surface area contributed by atoms with Crippen LogP contribution in [-0.2, 0) is 9.53 Å². The average Bonchev–Trinajstić information content (AvgIpc) is 3.09. The summed E-state index contributed by atoms with van der Waals surface area (Å²) in [7, 11) is 2.76. The van der Waals surface area contributed by atoms with Gasteiger partial charge in [0.2, 0.25) is 6.54 Å². The van der Waals surface area contributed by atoms with E-state index >= 15 is 0 Å². The molecule has 0 aliphatic carbocycles. The molecule has 0 spiro atoms. The lowest BCUT2D eigenvalue weighted by Crippen LogP contribution is -2.33. The Kier molecular flexibility index (Phi) is 6.92. The first-order valence-electron chi connectivity index (χ1n) is 10.3. The van der Waals surface area contributed by atoms with Gasteiger partial charge in [0, 0.05) is 16.1 Å². The Bertz CT molecular complexity index is 1080. The largest absolute Gasteiger partial charge is 0.497 e. The Morgan fingerprint density at radius 1 is 1.16 bits per heavy atom. The van der Waals surface area contributed by atoms with E-state index in [-0.39, 0.29) is 17.4 Å². The summed E-state index contributed by atoms with van der Waals surface area (Å²) in [6.07, 6.45) is -0.202. The number of carbonyl (C=O) groups is 2. The summed E-state index contributed by atoms with van der Waals surface area (Å²) in [5, 5.41) is 11.6. The fourth-order valence-electron chi connectivity index (χ4n) is 4.45. The fourth-order valence-corrected chi connectivity index (χ4v) is 4.45. The number of para-hydroxylation sites is 1. The van der Waals surface area contributed by atoms with Crippen molar-refractivity contribution in [3.8, 4) is 5.75 Å². The van der Waals surface area contributed by atoms with Gasteiger partial charge >= 0.3 is 6.09 Å². The number of allylic oxidation sites excluding steroid dienone is 1. The number of hydrogen-bond acceptors (Lipinski definition) is 6. The van der Waals surface area contributed by atoms with Gasteiger partial charge in [0.25, 0.3) is 5.91 Å². The molecule has 1 aliphatic rings. The van der Waals surface area contributed by atoms with E-state index in [0.29, 0.717) is 34.6 Å². The molecule has 0 radical (unpaired) electrons. The van der Waals surface area contributed by atoms with E-state index in [9.17, 15) is 19.7 Å². The third-order valence-electron chi connectivity index (χ3n) is 5.93. The number of imide groups is 1. The molecule has 0 unspecified atom stereocenters. The Morgan fingerprint density at radius 2 is 1.88 bits per heavy atom. The standard InChI is InChI=1S/C24H26N2O6/c1-5-18(20(14-25(29)30)16-9-8-10-17(13-16)31-3)15(2)22-19-11-6-7-12-21(19)26(23(22)27)24(28)32-4/h6-13,18,20H,5,14H2,1-4H3/b22-15-/t18-,20-/m1/s1. The fraction of sp³-hybridized carbons (Fsp3) is 0.333. The number of carbonyl (C=O) groups excluding carboxylic acids is 2. The van der Waals surface area contributed by atoms with Crippen LogP contribution in [0.5, 0.6) is 5.75 Å². The molecule has 2 amide bonds. The minimum absolute atomic E-state index is 0.299. The zero-order valence-corrected chi connectivity index (χ0v) is 18.5. The van der Waals surface area contributed by atoms with Gasteiger partial charge < -0.3 is 9.47 Å². The highest BCUT2D eigenvalue weighted by molar-refractivity contribution is 6.39. The van der Waals surface area contributed by atoms with Crippen molar-refractivity contribution in [3.63, 3.8) is 0 Å². The van der Waals surface area contributed by atoms with E-state index in [1.54, 1.807) is 49.6 Å². The van der Waals surface area contributed by atoms with Crippen LogP contribution in [0.2, 0.25) is 0 Å². The van der Waals surface area contributed by atoms with Crippen LogP contribution >= 0.6 is 0 Å². The molecule has 2 atom stereocenters. The van der Waals surface area contributed by atoms with Gasteiger partial charge in [-0.25, -0.2) is 9.69 Å². The van der Waals surface area contributed by atoms with Crippen molar-refractivity contribution >= 4 is 23.3 Å². The molecule has 3 rings (SSSR count). The summed E-state index contributed by atoms with van der Waals surface area (Å²) in [6, 6.07) is 14.2. The van der Waals surface area contributed by atoms with Crippen LogP contribution in [0.3, 0.4) is 0 Å². The normalized spacial score (nSPS) is 16.2. The summed E-state index contributed by atoms with van der Waals surface area (Å²) in [5.41, 5.74) is 2.90. The van der Waals surface area contributed by atoms with Crippen LogP contribution in [0.1, 0.15) is 37.3 Å². The number of rotatable bonds is 7. The van der Waals surface area contributed by atoms with Crippen LogP contribution in [-0.4, -0.2) is 37.7 Å². The number of ether oxygens (including phenoxy) is 2. The maximum Gasteiger partial charge on any atom is 0.421 e. The number of hydrogen-bond donors (Lipinski definition) is 0. The Hall–Kier alpha value is -3.68. The summed E-state index contributed by atoms with van der Waals surface area (Å²) in [5.74, 6) is -0.670.